The molecule has 4 aromatic rings. The lowest BCUT2D eigenvalue weighted by atomic mass is 10.1. The Kier molecular flexibility index (Phi) is 5.24. The van der Waals surface area contributed by atoms with E-state index in [1.165, 1.54) is 5.56 Å². The zero-order valence-corrected chi connectivity index (χ0v) is 16.7. The van der Waals surface area contributed by atoms with Gasteiger partial charge in [0.05, 0.1) is 12.7 Å². The normalized spacial score (nSPS) is 10.7. The Morgan fingerprint density at radius 3 is 2.48 bits per heavy atom. The summed E-state index contributed by atoms with van der Waals surface area (Å²) in [6.45, 7) is 2.74. The van der Waals surface area contributed by atoms with Gasteiger partial charge in [-0.1, -0.05) is 47.1 Å². The maximum Gasteiger partial charge on any atom is 0.261 e. The third-order valence-corrected chi connectivity index (χ3v) is 4.69. The average Bonchev–Trinajstić information content (AvgIpc) is 3.25. The molecule has 0 spiro atoms. The fourth-order valence-electron chi connectivity index (χ4n) is 3.10. The van der Waals surface area contributed by atoms with Crippen LogP contribution in [0.3, 0.4) is 0 Å². The average molecular weight is 386 g/mol. The first-order valence-electron chi connectivity index (χ1n) is 9.34. The molecule has 0 N–H and O–H groups in total. The molecule has 0 saturated carbocycles. The summed E-state index contributed by atoms with van der Waals surface area (Å²) in [6.07, 6.45) is 1.76. The molecule has 0 fully saturated rings. The van der Waals surface area contributed by atoms with Crippen molar-refractivity contribution in [1.82, 2.24) is 15.1 Å². The Hall–Kier alpha value is -3.67. The van der Waals surface area contributed by atoms with E-state index in [-0.39, 0.29) is 0 Å². The minimum atomic E-state index is 0.449. The highest BCUT2D eigenvalue weighted by Gasteiger charge is 2.17. The molecule has 0 unspecified atom stereocenters. The van der Waals surface area contributed by atoms with Gasteiger partial charge in [0.15, 0.2) is 0 Å². The van der Waals surface area contributed by atoms with E-state index < -0.39 is 0 Å². The van der Waals surface area contributed by atoms with Gasteiger partial charge in [0, 0.05) is 25.4 Å². The van der Waals surface area contributed by atoms with Crippen LogP contribution in [-0.2, 0) is 6.54 Å². The number of pyridine rings is 1. The molecule has 4 rings (SSSR count). The molecule has 0 radical (unpaired) electrons. The number of ether oxygens (including phenoxy) is 1. The van der Waals surface area contributed by atoms with E-state index >= 15 is 0 Å². The minimum Gasteiger partial charge on any atom is -0.497 e. The molecular formula is C23H22N4O2. The summed E-state index contributed by atoms with van der Waals surface area (Å²) in [4.78, 5) is 11.2. The number of rotatable bonds is 6. The molecule has 0 saturated heterocycles. The Balaban J connectivity index is 1.60. The number of nitrogens with zero attached hydrogens (tertiary/aromatic N) is 4. The number of benzene rings is 2. The van der Waals surface area contributed by atoms with Crippen molar-refractivity contribution in [2.45, 2.75) is 13.5 Å². The zero-order chi connectivity index (χ0) is 20.2. The van der Waals surface area contributed by atoms with Gasteiger partial charge in [0.2, 0.25) is 5.82 Å². The molecule has 0 aliphatic heterocycles. The molecule has 6 heteroatoms. The highest BCUT2D eigenvalue weighted by atomic mass is 16.5. The van der Waals surface area contributed by atoms with E-state index in [1.807, 2.05) is 74.6 Å². The van der Waals surface area contributed by atoms with Crippen LogP contribution in [0.25, 0.3) is 22.8 Å². The second-order valence-electron chi connectivity index (χ2n) is 6.87. The van der Waals surface area contributed by atoms with E-state index in [2.05, 4.69) is 20.0 Å². The van der Waals surface area contributed by atoms with Gasteiger partial charge in [-0.15, -0.1) is 0 Å². The molecule has 0 atom stereocenters. The predicted molar refractivity (Wildman–Crippen MR) is 113 cm³/mol. The molecule has 0 aliphatic rings. The van der Waals surface area contributed by atoms with Crippen LogP contribution in [0.2, 0.25) is 0 Å². The third-order valence-electron chi connectivity index (χ3n) is 4.69. The SMILES string of the molecule is COc1ccc(CN(C)c2ncccc2-c2nc(-c3ccc(C)cc3)no2)cc1. The first kappa shape index (κ1) is 18.7. The summed E-state index contributed by atoms with van der Waals surface area (Å²) >= 11 is 0. The molecule has 2 aromatic heterocycles. The van der Waals surface area contributed by atoms with Crippen molar-refractivity contribution in [3.63, 3.8) is 0 Å². The van der Waals surface area contributed by atoms with E-state index in [1.54, 1.807) is 13.3 Å². The van der Waals surface area contributed by atoms with Crippen LogP contribution >= 0.6 is 0 Å². The molecule has 146 valence electrons. The summed E-state index contributed by atoms with van der Waals surface area (Å²) in [6, 6.07) is 19.8. The van der Waals surface area contributed by atoms with Gasteiger partial charge in [-0.05, 0) is 36.8 Å². The summed E-state index contributed by atoms with van der Waals surface area (Å²) in [5.74, 6) is 2.63. The van der Waals surface area contributed by atoms with Crippen LogP contribution in [0.1, 0.15) is 11.1 Å². The topological polar surface area (TPSA) is 64.3 Å². The van der Waals surface area contributed by atoms with Gasteiger partial charge in [0.1, 0.15) is 11.6 Å². The number of hydrogen-bond acceptors (Lipinski definition) is 6. The highest BCUT2D eigenvalue weighted by Crippen LogP contribution is 2.29. The number of aromatic nitrogens is 3. The van der Waals surface area contributed by atoms with Crippen molar-refractivity contribution in [2.24, 2.45) is 0 Å². The Morgan fingerprint density at radius 2 is 1.76 bits per heavy atom. The van der Waals surface area contributed by atoms with Gasteiger partial charge < -0.3 is 14.2 Å². The van der Waals surface area contributed by atoms with Crippen molar-refractivity contribution in [3.8, 4) is 28.6 Å². The summed E-state index contributed by atoms with van der Waals surface area (Å²) in [5.41, 5.74) is 4.06. The first-order chi connectivity index (χ1) is 14.1. The van der Waals surface area contributed by atoms with E-state index in [4.69, 9.17) is 9.26 Å². The van der Waals surface area contributed by atoms with Crippen LogP contribution < -0.4 is 9.64 Å². The monoisotopic (exact) mass is 386 g/mol. The van der Waals surface area contributed by atoms with Crippen molar-refractivity contribution >= 4 is 5.82 Å². The van der Waals surface area contributed by atoms with E-state index in [0.717, 1.165) is 28.3 Å². The fraction of sp³-hybridized carbons (Fsp3) is 0.174. The largest absolute Gasteiger partial charge is 0.497 e. The van der Waals surface area contributed by atoms with Gasteiger partial charge in [-0.2, -0.15) is 4.98 Å². The lowest BCUT2D eigenvalue weighted by Gasteiger charge is -2.20. The van der Waals surface area contributed by atoms with Crippen LogP contribution in [-0.4, -0.2) is 29.3 Å². The van der Waals surface area contributed by atoms with Crippen molar-refractivity contribution in [2.75, 3.05) is 19.1 Å². The van der Waals surface area contributed by atoms with Crippen LogP contribution in [0.15, 0.2) is 71.4 Å². The number of methoxy groups -OCH3 is 1. The molecule has 0 amide bonds. The standard InChI is InChI=1S/C23H22N4O2/c1-16-6-10-18(11-7-16)21-25-23(29-26-21)20-5-4-14-24-22(20)27(2)15-17-8-12-19(28-3)13-9-17/h4-14H,15H2,1-3H3. The summed E-state index contributed by atoms with van der Waals surface area (Å²) in [5, 5.41) is 4.15. The molecular weight excluding hydrogens is 364 g/mol. The summed E-state index contributed by atoms with van der Waals surface area (Å²) < 4.78 is 10.8. The molecule has 0 aliphatic carbocycles. The van der Waals surface area contributed by atoms with E-state index in [0.29, 0.717) is 18.3 Å². The number of hydrogen-bond donors (Lipinski definition) is 0. The second-order valence-corrected chi connectivity index (χ2v) is 6.87. The first-order valence-corrected chi connectivity index (χ1v) is 9.34. The number of aryl methyl sites for hydroxylation is 1. The number of anilines is 1. The molecule has 0 bridgehead atoms. The Bertz CT molecular complexity index is 1090. The minimum absolute atomic E-state index is 0.449. The van der Waals surface area contributed by atoms with Crippen molar-refractivity contribution in [3.05, 3.63) is 78.0 Å². The summed E-state index contributed by atoms with van der Waals surface area (Å²) in [7, 11) is 3.66. The second kappa shape index (κ2) is 8.14. The fourth-order valence-corrected chi connectivity index (χ4v) is 3.10. The maximum atomic E-state index is 5.56. The maximum absolute atomic E-state index is 5.56. The van der Waals surface area contributed by atoms with Crippen LogP contribution in [0, 0.1) is 6.92 Å². The van der Waals surface area contributed by atoms with Gasteiger partial charge in [-0.25, -0.2) is 4.98 Å². The third kappa shape index (κ3) is 4.11. The van der Waals surface area contributed by atoms with Gasteiger partial charge in [0.25, 0.3) is 5.89 Å². The van der Waals surface area contributed by atoms with Gasteiger partial charge >= 0.3 is 0 Å². The molecule has 6 nitrogen and oxygen atoms in total. The lowest BCUT2D eigenvalue weighted by molar-refractivity contribution is 0.414. The zero-order valence-electron chi connectivity index (χ0n) is 16.7. The van der Waals surface area contributed by atoms with E-state index in [9.17, 15) is 0 Å². The Labute approximate surface area is 169 Å². The molecule has 2 aromatic carbocycles. The molecule has 29 heavy (non-hydrogen) atoms. The smallest absolute Gasteiger partial charge is 0.261 e. The highest BCUT2D eigenvalue weighted by molar-refractivity contribution is 5.71. The lowest BCUT2D eigenvalue weighted by Crippen LogP contribution is -2.18. The van der Waals surface area contributed by atoms with Crippen LogP contribution in [0.4, 0.5) is 5.82 Å². The van der Waals surface area contributed by atoms with Gasteiger partial charge in [-0.3, -0.25) is 0 Å². The molecule has 2 heterocycles. The quantitative estimate of drug-likeness (QED) is 0.476. The Morgan fingerprint density at radius 1 is 1.00 bits per heavy atom. The predicted octanol–water partition coefficient (Wildman–Crippen LogP) is 4.75. The van der Waals surface area contributed by atoms with Crippen LogP contribution in [0.5, 0.6) is 5.75 Å². The van der Waals surface area contributed by atoms with Crippen molar-refractivity contribution < 1.29 is 9.26 Å². The van der Waals surface area contributed by atoms with Crippen molar-refractivity contribution in [1.29, 1.82) is 0 Å².